The molecule has 1 unspecified atom stereocenters. The Morgan fingerprint density at radius 2 is 2.08 bits per heavy atom. The summed E-state index contributed by atoms with van der Waals surface area (Å²) in [5.41, 5.74) is 0.793. The molecule has 0 fully saturated rings. The van der Waals surface area contributed by atoms with E-state index in [2.05, 4.69) is 27.4 Å². The number of nitrogens with one attached hydrogen (secondary N) is 2. The number of hydrogen-bond acceptors (Lipinski definition) is 6. The molecule has 0 saturated heterocycles. The monoisotopic (exact) mass is 370 g/mol. The molecule has 1 atom stereocenters. The molecule has 25 heavy (non-hydrogen) atoms. The number of fused-ring (bicyclic) bond motifs is 1. The maximum absolute atomic E-state index is 12.4. The summed E-state index contributed by atoms with van der Waals surface area (Å²) in [6.07, 6.45) is 1.76. The van der Waals surface area contributed by atoms with Gasteiger partial charge in [0, 0.05) is 12.2 Å². The first-order valence-electron chi connectivity index (χ1n) is 7.80. The fraction of sp³-hybridized carbons (Fsp3) is 0.167. The molecule has 3 aromatic rings. The second-order valence-electron chi connectivity index (χ2n) is 5.35. The lowest BCUT2D eigenvalue weighted by atomic mass is 10.1. The van der Waals surface area contributed by atoms with E-state index >= 15 is 0 Å². The van der Waals surface area contributed by atoms with Crippen LogP contribution in [0.25, 0.3) is 10.8 Å². The van der Waals surface area contributed by atoms with Crippen LogP contribution >= 0.6 is 23.1 Å². The Balaban J connectivity index is 1.61. The van der Waals surface area contributed by atoms with Crippen LogP contribution in [-0.2, 0) is 4.79 Å². The summed E-state index contributed by atoms with van der Waals surface area (Å²) < 4.78 is 0.757. The molecule has 0 aliphatic heterocycles. The van der Waals surface area contributed by atoms with Gasteiger partial charge in [-0.15, -0.1) is 16.8 Å². The normalized spacial score (nSPS) is 11.9. The Bertz CT molecular complexity index is 893. The molecule has 0 bridgehead atoms. The molecule has 0 aliphatic carbocycles. The standard InChI is InChI=1S/C18H18N4OS2/c1-3-10-19-17-21-22-18(25-17)24-12(2)16(23)20-15-9-8-13-6-4-5-7-14(13)11-15/h3-9,11-12H,1,10H2,2H3,(H,19,21)(H,20,23). The third kappa shape index (κ3) is 4.58. The Labute approximate surface area is 154 Å². The minimum atomic E-state index is -0.272. The Morgan fingerprint density at radius 1 is 1.28 bits per heavy atom. The lowest BCUT2D eigenvalue weighted by molar-refractivity contribution is -0.115. The second-order valence-corrected chi connectivity index (χ2v) is 7.92. The van der Waals surface area contributed by atoms with Crippen molar-refractivity contribution in [3.8, 4) is 0 Å². The molecule has 2 N–H and O–H groups in total. The molecule has 1 aromatic heterocycles. The van der Waals surface area contributed by atoms with Crippen LogP contribution < -0.4 is 10.6 Å². The van der Waals surface area contributed by atoms with Crippen molar-refractivity contribution < 1.29 is 4.79 Å². The number of hydrogen-bond donors (Lipinski definition) is 2. The fourth-order valence-electron chi connectivity index (χ4n) is 2.20. The van der Waals surface area contributed by atoms with Gasteiger partial charge in [0.1, 0.15) is 0 Å². The van der Waals surface area contributed by atoms with Crippen molar-refractivity contribution in [3.63, 3.8) is 0 Å². The maximum Gasteiger partial charge on any atom is 0.237 e. The van der Waals surface area contributed by atoms with Crippen molar-refractivity contribution in [1.82, 2.24) is 10.2 Å². The average molecular weight is 371 g/mol. The van der Waals surface area contributed by atoms with Gasteiger partial charge in [-0.2, -0.15) is 0 Å². The van der Waals surface area contributed by atoms with Crippen LogP contribution in [0.1, 0.15) is 6.92 Å². The van der Waals surface area contributed by atoms with Crippen molar-refractivity contribution in [1.29, 1.82) is 0 Å². The maximum atomic E-state index is 12.4. The minimum absolute atomic E-state index is 0.0592. The van der Waals surface area contributed by atoms with Gasteiger partial charge >= 0.3 is 0 Å². The molecular formula is C18H18N4OS2. The highest BCUT2D eigenvalue weighted by atomic mass is 32.2. The highest BCUT2D eigenvalue weighted by Crippen LogP contribution is 2.29. The van der Waals surface area contributed by atoms with E-state index in [-0.39, 0.29) is 11.2 Å². The van der Waals surface area contributed by atoms with Crippen LogP contribution in [0, 0.1) is 0 Å². The number of amides is 1. The van der Waals surface area contributed by atoms with E-state index in [9.17, 15) is 4.79 Å². The number of thioether (sulfide) groups is 1. The summed E-state index contributed by atoms with van der Waals surface area (Å²) in [4.78, 5) is 12.4. The van der Waals surface area contributed by atoms with Gasteiger partial charge in [0.2, 0.25) is 11.0 Å². The SMILES string of the molecule is C=CCNc1nnc(SC(C)C(=O)Nc2ccc3ccccc3c2)s1. The van der Waals surface area contributed by atoms with Gasteiger partial charge in [-0.05, 0) is 29.8 Å². The van der Waals surface area contributed by atoms with Gasteiger partial charge < -0.3 is 10.6 Å². The highest BCUT2D eigenvalue weighted by molar-refractivity contribution is 8.02. The molecule has 2 aromatic carbocycles. The molecule has 5 nitrogen and oxygen atoms in total. The summed E-state index contributed by atoms with van der Waals surface area (Å²) in [6.45, 7) is 6.15. The lowest BCUT2D eigenvalue weighted by Gasteiger charge is -2.11. The Hall–Kier alpha value is -2.38. The van der Waals surface area contributed by atoms with Crippen molar-refractivity contribution in [2.45, 2.75) is 16.5 Å². The largest absolute Gasteiger partial charge is 0.357 e. The van der Waals surface area contributed by atoms with Crippen LogP contribution in [0.15, 0.2) is 59.5 Å². The van der Waals surface area contributed by atoms with Gasteiger partial charge in [-0.1, -0.05) is 59.5 Å². The number of carbonyl (C=O) groups is 1. The first kappa shape index (κ1) is 17.4. The molecule has 3 rings (SSSR count). The van der Waals surface area contributed by atoms with Crippen molar-refractivity contribution in [2.24, 2.45) is 0 Å². The van der Waals surface area contributed by atoms with E-state index in [1.807, 2.05) is 49.4 Å². The summed E-state index contributed by atoms with van der Waals surface area (Å²) in [5.74, 6) is -0.0592. The first-order valence-corrected chi connectivity index (χ1v) is 9.50. The van der Waals surface area contributed by atoms with Crippen LogP contribution in [0.2, 0.25) is 0 Å². The quantitative estimate of drug-likeness (QED) is 0.476. The summed E-state index contributed by atoms with van der Waals surface area (Å²) in [5, 5.41) is 16.9. The van der Waals surface area contributed by atoms with Gasteiger partial charge in [-0.25, -0.2) is 0 Å². The van der Waals surface area contributed by atoms with Crippen LogP contribution in [-0.4, -0.2) is 27.9 Å². The Morgan fingerprint density at radius 3 is 2.88 bits per heavy atom. The predicted octanol–water partition coefficient (Wildman–Crippen LogP) is 4.41. The van der Waals surface area contributed by atoms with Crippen LogP contribution in [0.5, 0.6) is 0 Å². The molecule has 0 spiro atoms. The number of carbonyl (C=O) groups excluding carboxylic acids is 1. The Kier molecular flexibility index (Phi) is 5.67. The van der Waals surface area contributed by atoms with E-state index in [4.69, 9.17) is 0 Å². The van der Waals surface area contributed by atoms with E-state index in [1.54, 1.807) is 6.08 Å². The molecule has 0 aliphatic rings. The number of benzene rings is 2. The zero-order chi connectivity index (χ0) is 17.6. The minimum Gasteiger partial charge on any atom is -0.357 e. The van der Waals surface area contributed by atoms with Gasteiger partial charge in [0.25, 0.3) is 0 Å². The fourth-order valence-corrected chi connectivity index (χ4v) is 4.11. The number of nitrogens with zero attached hydrogens (tertiary/aromatic N) is 2. The van der Waals surface area contributed by atoms with Crippen molar-refractivity contribution in [3.05, 3.63) is 55.1 Å². The molecule has 1 amide bonds. The topological polar surface area (TPSA) is 66.9 Å². The molecule has 0 saturated carbocycles. The summed E-state index contributed by atoms with van der Waals surface area (Å²) in [6, 6.07) is 14.0. The highest BCUT2D eigenvalue weighted by Gasteiger charge is 2.17. The summed E-state index contributed by atoms with van der Waals surface area (Å²) >= 11 is 2.82. The van der Waals surface area contributed by atoms with Crippen molar-refractivity contribution in [2.75, 3.05) is 17.2 Å². The second kappa shape index (κ2) is 8.13. The number of anilines is 2. The number of rotatable bonds is 7. The van der Waals surface area contributed by atoms with E-state index in [0.29, 0.717) is 6.54 Å². The van der Waals surface area contributed by atoms with E-state index in [1.165, 1.54) is 23.1 Å². The lowest BCUT2D eigenvalue weighted by Crippen LogP contribution is -2.22. The molecule has 0 radical (unpaired) electrons. The first-order chi connectivity index (χ1) is 12.2. The van der Waals surface area contributed by atoms with Crippen LogP contribution in [0.3, 0.4) is 0 Å². The van der Waals surface area contributed by atoms with Crippen LogP contribution in [0.4, 0.5) is 10.8 Å². The van der Waals surface area contributed by atoms with E-state index < -0.39 is 0 Å². The smallest absolute Gasteiger partial charge is 0.237 e. The zero-order valence-electron chi connectivity index (χ0n) is 13.7. The predicted molar refractivity (Wildman–Crippen MR) is 106 cm³/mol. The third-order valence-electron chi connectivity index (χ3n) is 3.47. The summed E-state index contributed by atoms with van der Waals surface area (Å²) in [7, 11) is 0. The molecule has 128 valence electrons. The average Bonchev–Trinajstić information content (AvgIpc) is 3.07. The van der Waals surface area contributed by atoms with Crippen molar-refractivity contribution >= 4 is 50.6 Å². The van der Waals surface area contributed by atoms with E-state index in [0.717, 1.165) is 25.9 Å². The third-order valence-corrected chi connectivity index (χ3v) is 5.53. The molecule has 1 heterocycles. The number of aromatic nitrogens is 2. The molecular weight excluding hydrogens is 352 g/mol. The van der Waals surface area contributed by atoms with Gasteiger partial charge in [-0.3, -0.25) is 4.79 Å². The zero-order valence-corrected chi connectivity index (χ0v) is 15.4. The van der Waals surface area contributed by atoms with Gasteiger partial charge in [0.05, 0.1) is 5.25 Å². The molecule has 7 heteroatoms. The van der Waals surface area contributed by atoms with Gasteiger partial charge in [0.15, 0.2) is 4.34 Å².